The normalized spacial score (nSPS) is 12.3. The summed E-state index contributed by atoms with van der Waals surface area (Å²) in [4.78, 5) is 2.30. The molecule has 0 spiro atoms. The van der Waals surface area contributed by atoms with Crippen LogP contribution in [0.15, 0.2) is 140 Å². The van der Waals surface area contributed by atoms with Crippen LogP contribution >= 0.6 is 11.3 Å². The molecular formula is C36H23NOS. The Kier molecular flexibility index (Phi) is 5.04. The average Bonchev–Trinajstić information content (AvgIpc) is 3.39. The summed E-state index contributed by atoms with van der Waals surface area (Å²) in [6.07, 6.45) is 0. The third-order valence-electron chi connectivity index (χ3n) is 7.47. The zero-order chi connectivity index (χ0) is 25.8. The van der Waals surface area contributed by atoms with Gasteiger partial charge in [0.15, 0.2) is 11.5 Å². The number of hydrogen-bond donors (Lipinski definition) is 0. The summed E-state index contributed by atoms with van der Waals surface area (Å²) in [6, 6.07) is 49.4. The van der Waals surface area contributed by atoms with Crippen molar-refractivity contribution in [2.75, 3.05) is 4.90 Å². The van der Waals surface area contributed by atoms with Crippen LogP contribution in [0.1, 0.15) is 0 Å². The van der Waals surface area contributed by atoms with Crippen LogP contribution in [0.4, 0.5) is 17.1 Å². The first-order chi connectivity index (χ1) is 19.3. The maximum absolute atomic E-state index is 6.52. The van der Waals surface area contributed by atoms with E-state index in [4.69, 9.17) is 4.74 Å². The topological polar surface area (TPSA) is 12.5 Å². The average molecular weight is 518 g/mol. The van der Waals surface area contributed by atoms with Crippen molar-refractivity contribution in [1.29, 1.82) is 0 Å². The first-order valence-corrected chi connectivity index (χ1v) is 13.9. The molecule has 1 aliphatic rings. The Balaban J connectivity index is 1.25. The Morgan fingerprint density at radius 1 is 0.487 bits per heavy atom. The maximum atomic E-state index is 6.52. The Morgan fingerprint density at radius 3 is 2.08 bits per heavy atom. The van der Waals surface area contributed by atoms with Crippen molar-refractivity contribution >= 4 is 48.6 Å². The first kappa shape index (κ1) is 22.2. The second-order valence-corrected chi connectivity index (χ2v) is 10.8. The van der Waals surface area contributed by atoms with E-state index in [9.17, 15) is 0 Å². The molecule has 0 radical (unpaired) electrons. The van der Waals surface area contributed by atoms with Crippen molar-refractivity contribution in [3.63, 3.8) is 0 Å². The molecule has 0 N–H and O–H groups in total. The predicted molar refractivity (Wildman–Crippen MR) is 165 cm³/mol. The van der Waals surface area contributed by atoms with E-state index in [1.54, 1.807) is 0 Å². The van der Waals surface area contributed by atoms with Crippen LogP contribution in [0, 0.1) is 0 Å². The Morgan fingerprint density at radius 2 is 1.18 bits per heavy atom. The highest BCUT2D eigenvalue weighted by Gasteiger charge is 2.26. The number of hydrogen-bond acceptors (Lipinski definition) is 3. The standard InChI is InChI=1S/C36H23NOS/c1-2-9-24(10-3-1)25-17-20-27(21-18-25)37-31-14-5-6-15-33(31)38-34-23-26(19-22-32(34)37)28-12-8-13-30-29-11-4-7-16-35(29)39-36(28)30/h1-23H. The van der Waals surface area contributed by atoms with Gasteiger partial charge in [-0.15, -0.1) is 11.3 Å². The molecule has 0 fully saturated rings. The minimum atomic E-state index is 0.856. The molecule has 39 heavy (non-hydrogen) atoms. The van der Waals surface area contributed by atoms with Crippen molar-refractivity contribution in [2.24, 2.45) is 0 Å². The van der Waals surface area contributed by atoms with E-state index in [2.05, 4.69) is 132 Å². The van der Waals surface area contributed by atoms with Crippen LogP contribution < -0.4 is 9.64 Å². The molecule has 0 atom stereocenters. The fraction of sp³-hybridized carbons (Fsp3) is 0. The summed E-state index contributed by atoms with van der Waals surface area (Å²) in [5, 5.41) is 2.62. The molecule has 2 nitrogen and oxygen atoms in total. The highest BCUT2D eigenvalue weighted by molar-refractivity contribution is 7.26. The SMILES string of the molecule is c1ccc(-c2ccc(N3c4ccccc4Oc4cc(-c5cccc6c5sc5ccccc56)ccc43)cc2)cc1. The first-order valence-electron chi connectivity index (χ1n) is 13.1. The van der Waals surface area contributed by atoms with Gasteiger partial charge in [-0.25, -0.2) is 0 Å². The molecule has 2 heterocycles. The number of thiophene rings is 1. The lowest BCUT2D eigenvalue weighted by Gasteiger charge is -2.33. The highest BCUT2D eigenvalue weighted by atomic mass is 32.1. The van der Waals surface area contributed by atoms with Gasteiger partial charge in [-0.2, -0.15) is 0 Å². The van der Waals surface area contributed by atoms with Crippen molar-refractivity contribution in [3.8, 4) is 33.8 Å². The van der Waals surface area contributed by atoms with Gasteiger partial charge in [0.2, 0.25) is 0 Å². The van der Waals surface area contributed by atoms with Crippen molar-refractivity contribution in [2.45, 2.75) is 0 Å². The van der Waals surface area contributed by atoms with Gasteiger partial charge in [0.25, 0.3) is 0 Å². The second kappa shape index (κ2) is 8.87. The van der Waals surface area contributed by atoms with Gasteiger partial charge >= 0.3 is 0 Å². The highest BCUT2D eigenvalue weighted by Crippen LogP contribution is 2.52. The largest absolute Gasteiger partial charge is 0.453 e. The molecule has 7 aromatic rings. The molecule has 0 unspecified atom stereocenters. The van der Waals surface area contributed by atoms with Crippen LogP contribution in [0.2, 0.25) is 0 Å². The molecule has 6 aromatic carbocycles. The molecular weight excluding hydrogens is 494 g/mol. The Bertz CT molecular complexity index is 1990. The molecule has 0 bridgehead atoms. The van der Waals surface area contributed by atoms with Gasteiger partial charge in [-0.1, -0.05) is 97.1 Å². The smallest absolute Gasteiger partial charge is 0.152 e. The lowest BCUT2D eigenvalue weighted by molar-refractivity contribution is 0.477. The molecule has 0 saturated heterocycles. The van der Waals surface area contributed by atoms with E-state index in [0.29, 0.717) is 0 Å². The van der Waals surface area contributed by atoms with Crippen LogP contribution in [-0.4, -0.2) is 0 Å². The number of ether oxygens (including phenoxy) is 1. The molecule has 0 amide bonds. The van der Waals surface area contributed by atoms with E-state index in [-0.39, 0.29) is 0 Å². The summed E-state index contributed by atoms with van der Waals surface area (Å²) in [7, 11) is 0. The monoisotopic (exact) mass is 517 g/mol. The van der Waals surface area contributed by atoms with Gasteiger partial charge in [0.1, 0.15) is 0 Å². The van der Waals surface area contributed by atoms with Gasteiger partial charge in [-0.05, 0) is 64.7 Å². The quantitative estimate of drug-likeness (QED) is 0.231. The zero-order valence-electron chi connectivity index (χ0n) is 21.0. The van der Waals surface area contributed by atoms with Crippen LogP contribution in [0.5, 0.6) is 11.5 Å². The molecule has 0 aliphatic carbocycles. The summed E-state index contributed by atoms with van der Waals surface area (Å²) < 4.78 is 9.14. The fourth-order valence-electron chi connectivity index (χ4n) is 5.61. The third-order valence-corrected chi connectivity index (χ3v) is 8.69. The van der Waals surface area contributed by atoms with E-state index in [1.807, 2.05) is 23.5 Å². The Hall–Kier alpha value is -4.86. The number of fused-ring (bicyclic) bond motifs is 5. The lowest BCUT2D eigenvalue weighted by Crippen LogP contribution is -2.15. The second-order valence-electron chi connectivity index (χ2n) is 9.78. The van der Waals surface area contributed by atoms with Gasteiger partial charge < -0.3 is 9.64 Å². The Labute approximate surface area is 231 Å². The van der Waals surface area contributed by atoms with Crippen LogP contribution in [-0.2, 0) is 0 Å². The van der Waals surface area contributed by atoms with Crippen molar-refractivity contribution in [3.05, 3.63) is 140 Å². The van der Waals surface area contributed by atoms with Gasteiger partial charge in [-0.3, -0.25) is 0 Å². The predicted octanol–water partition coefficient (Wildman–Crippen LogP) is 11.0. The summed E-state index contributed by atoms with van der Waals surface area (Å²) in [5.41, 5.74) is 7.98. The van der Waals surface area contributed by atoms with Crippen LogP contribution in [0.3, 0.4) is 0 Å². The maximum Gasteiger partial charge on any atom is 0.152 e. The molecule has 184 valence electrons. The van der Waals surface area contributed by atoms with E-state index < -0.39 is 0 Å². The van der Waals surface area contributed by atoms with Crippen molar-refractivity contribution in [1.82, 2.24) is 0 Å². The van der Waals surface area contributed by atoms with Crippen molar-refractivity contribution < 1.29 is 4.74 Å². The lowest BCUT2D eigenvalue weighted by atomic mass is 10.0. The minimum absolute atomic E-state index is 0.856. The molecule has 8 rings (SSSR count). The molecule has 3 heteroatoms. The number of rotatable bonds is 3. The summed E-state index contributed by atoms with van der Waals surface area (Å²) in [6.45, 7) is 0. The summed E-state index contributed by atoms with van der Waals surface area (Å²) in [5.74, 6) is 1.71. The third kappa shape index (κ3) is 3.63. The number of anilines is 3. The van der Waals surface area contributed by atoms with E-state index >= 15 is 0 Å². The minimum Gasteiger partial charge on any atom is -0.453 e. The zero-order valence-corrected chi connectivity index (χ0v) is 21.9. The fourth-order valence-corrected chi connectivity index (χ4v) is 6.85. The molecule has 1 aromatic heterocycles. The van der Waals surface area contributed by atoms with E-state index in [1.165, 1.54) is 36.9 Å². The van der Waals surface area contributed by atoms with Gasteiger partial charge in [0.05, 0.1) is 11.4 Å². The van der Waals surface area contributed by atoms with E-state index in [0.717, 1.165) is 34.1 Å². The van der Waals surface area contributed by atoms with Gasteiger partial charge in [0, 0.05) is 25.9 Å². The molecule has 0 saturated carbocycles. The molecule has 1 aliphatic heterocycles. The summed E-state index contributed by atoms with van der Waals surface area (Å²) >= 11 is 1.85. The number of para-hydroxylation sites is 2. The van der Waals surface area contributed by atoms with Crippen LogP contribution in [0.25, 0.3) is 42.4 Å². The number of benzene rings is 6. The number of nitrogens with zero attached hydrogens (tertiary/aromatic N) is 1.